The van der Waals surface area contributed by atoms with Crippen LogP contribution in [0.3, 0.4) is 0 Å². The number of methoxy groups -OCH3 is 1. The van der Waals surface area contributed by atoms with E-state index in [2.05, 4.69) is 20.7 Å². The molecule has 0 aliphatic heterocycles. The van der Waals surface area contributed by atoms with Crippen molar-refractivity contribution in [3.05, 3.63) is 0 Å². The molecule has 64 valence electrons. The number of ketones is 1. The van der Waals surface area contributed by atoms with Gasteiger partial charge in [-0.05, 0) is 0 Å². The van der Waals surface area contributed by atoms with Crippen molar-refractivity contribution in [2.75, 3.05) is 12.4 Å². The largest absolute Gasteiger partial charge is 0.469 e. The molecule has 0 heterocycles. The summed E-state index contributed by atoms with van der Waals surface area (Å²) in [5.41, 5.74) is 5.32. The lowest BCUT2D eigenvalue weighted by atomic mass is 10.1. The second-order valence-corrected chi connectivity index (χ2v) is 2.55. The minimum atomic E-state index is -0.748. The third-order valence-corrected chi connectivity index (χ3v) is 1.71. The molecule has 0 amide bonds. The molecule has 1 atom stereocenters. The normalized spacial score (nSPS) is 12.3. The van der Waals surface area contributed by atoms with Crippen LogP contribution < -0.4 is 5.73 Å². The van der Waals surface area contributed by atoms with Crippen LogP contribution in [0.4, 0.5) is 0 Å². The smallest absolute Gasteiger partial charge is 0.307 e. The van der Waals surface area contributed by atoms with Crippen LogP contribution in [0.25, 0.3) is 0 Å². The van der Waals surface area contributed by atoms with E-state index in [1.807, 2.05) is 0 Å². The minimum Gasteiger partial charge on any atom is -0.469 e. The van der Waals surface area contributed by atoms with Crippen LogP contribution in [0.1, 0.15) is 6.42 Å². The Hall–Kier alpha value is -0.420. The summed E-state index contributed by atoms with van der Waals surface area (Å²) < 4.78 is 4.33. The Labute approximate surface area is 73.2 Å². The number of rotatable bonds is 4. The van der Waals surface area contributed by atoms with Gasteiger partial charge in [0.2, 0.25) is 0 Å². The third-order valence-electron chi connectivity index (χ3n) is 1.16. The van der Waals surface area contributed by atoms with Crippen molar-refractivity contribution < 1.29 is 14.3 Å². The zero-order chi connectivity index (χ0) is 8.85. The van der Waals surface area contributed by atoms with Gasteiger partial charge in [0, 0.05) is 0 Å². The van der Waals surface area contributed by atoms with Crippen molar-refractivity contribution in [2.45, 2.75) is 12.5 Å². The van der Waals surface area contributed by atoms with Gasteiger partial charge in [-0.1, -0.05) is 15.9 Å². The summed E-state index contributed by atoms with van der Waals surface area (Å²) in [6.07, 6.45) is -0.0546. The van der Waals surface area contributed by atoms with E-state index in [9.17, 15) is 9.59 Å². The minimum absolute atomic E-state index is 0.0546. The molecule has 0 unspecified atom stereocenters. The average Bonchev–Trinajstić information content (AvgIpc) is 2.02. The number of alkyl halides is 1. The highest BCUT2D eigenvalue weighted by Crippen LogP contribution is 1.95. The summed E-state index contributed by atoms with van der Waals surface area (Å²) in [5.74, 6) is -0.665. The summed E-state index contributed by atoms with van der Waals surface area (Å²) in [7, 11) is 1.26. The predicted octanol–water partition coefficient (Wildman–Crippen LogP) is -0.159. The van der Waals surface area contributed by atoms with Gasteiger partial charge < -0.3 is 10.5 Å². The maximum absolute atomic E-state index is 10.8. The Bertz CT molecular complexity index is 160. The average molecular weight is 224 g/mol. The van der Waals surface area contributed by atoms with Gasteiger partial charge in [-0.25, -0.2) is 0 Å². The van der Waals surface area contributed by atoms with E-state index in [1.54, 1.807) is 0 Å². The Morgan fingerprint density at radius 2 is 2.18 bits per heavy atom. The maximum atomic E-state index is 10.8. The Balaban J connectivity index is 3.77. The van der Waals surface area contributed by atoms with Crippen LogP contribution in [0.15, 0.2) is 0 Å². The zero-order valence-electron chi connectivity index (χ0n) is 6.17. The van der Waals surface area contributed by atoms with Crippen LogP contribution >= 0.6 is 15.9 Å². The maximum Gasteiger partial charge on any atom is 0.307 e. The molecule has 0 bridgehead atoms. The third kappa shape index (κ3) is 4.10. The summed E-state index contributed by atoms with van der Waals surface area (Å²) in [6.45, 7) is 0. The van der Waals surface area contributed by atoms with Gasteiger partial charge in [0.1, 0.15) is 0 Å². The fourth-order valence-electron chi connectivity index (χ4n) is 0.476. The molecule has 11 heavy (non-hydrogen) atoms. The first kappa shape index (κ1) is 10.6. The zero-order valence-corrected chi connectivity index (χ0v) is 7.76. The second-order valence-electron chi connectivity index (χ2n) is 1.99. The fraction of sp³-hybridized carbons (Fsp3) is 0.667. The number of nitrogens with two attached hydrogens (primary N) is 1. The SMILES string of the molecule is COC(=O)C[C@@H](N)C(=O)CBr. The van der Waals surface area contributed by atoms with Crippen LogP contribution in [0.2, 0.25) is 0 Å². The van der Waals surface area contributed by atoms with E-state index < -0.39 is 12.0 Å². The van der Waals surface area contributed by atoms with E-state index in [0.29, 0.717) is 0 Å². The Kier molecular flexibility index (Phi) is 5.06. The van der Waals surface area contributed by atoms with Gasteiger partial charge in [0.25, 0.3) is 0 Å². The predicted molar refractivity (Wildman–Crippen MR) is 43.4 cm³/mol. The number of esters is 1. The van der Waals surface area contributed by atoms with E-state index in [-0.39, 0.29) is 17.5 Å². The van der Waals surface area contributed by atoms with E-state index in [0.717, 1.165) is 0 Å². The molecule has 0 aliphatic rings. The standard InChI is InChI=1S/C6H10BrNO3/c1-11-6(10)2-4(8)5(9)3-7/h4H,2-3,8H2,1H3/t4-/m1/s1. The van der Waals surface area contributed by atoms with Crippen molar-refractivity contribution in [3.63, 3.8) is 0 Å². The number of hydrogen-bond donors (Lipinski definition) is 1. The summed E-state index contributed by atoms with van der Waals surface area (Å²) in [5, 5.41) is 0.172. The van der Waals surface area contributed by atoms with Crippen LogP contribution in [-0.2, 0) is 14.3 Å². The van der Waals surface area contributed by atoms with Crippen molar-refractivity contribution in [1.82, 2.24) is 0 Å². The molecule has 0 spiro atoms. The van der Waals surface area contributed by atoms with Crippen molar-refractivity contribution in [2.24, 2.45) is 5.73 Å². The van der Waals surface area contributed by atoms with Crippen molar-refractivity contribution >= 4 is 27.7 Å². The van der Waals surface area contributed by atoms with E-state index in [4.69, 9.17) is 5.73 Å². The first-order valence-electron chi connectivity index (χ1n) is 3.03. The van der Waals surface area contributed by atoms with Gasteiger partial charge in [0.15, 0.2) is 5.78 Å². The molecule has 0 saturated carbocycles. The first-order chi connectivity index (χ1) is 5.11. The Morgan fingerprint density at radius 3 is 2.55 bits per heavy atom. The molecule has 0 rings (SSSR count). The molecule has 0 fully saturated rings. The molecule has 0 aliphatic carbocycles. The van der Waals surface area contributed by atoms with Gasteiger partial charge in [-0.2, -0.15) is 0 Å². The molecule has 0 aromatic heterocycles. The number of halogens is 1. The lowest BCUT2D eigenvalue weighted by Gasteiger charge is -2.05. The van der Waals surface area contributed by atoms with Crippen LogP contribution in [-0.4, -0.2) is 30.2 Å². The molecular weight excluding hydrogens is 214 g/mol. The summed E-state index contributed by atoms with van der Waals surface area (Å²) >= 11 is 2.95. The van der Waals surface area contributed by atoms with Gasteiger partial charge >= 0.3 is 5.97 Å². The number of carbonyl (C=O) groups excluding carboxylic acids is 2. The van der Waals surface area contributed by atoms with Crippen LogP contribution in [0.5, 0.6) is 0 Å². The van der Waals surface area contributed by atoms with Gasteiger partial charge in [-0.15, -0.1) is 0 Å². The van der Waals surface area contributed by atoms with E-state index >= 15 is 0 Å². The molecule has 0 aromatic carbocycles. The highest BCUT2D eigenvalue weighted by atomic mass is 79.9. The quantitative estimate of drug-likeness (QED) is 0.532. The number of ether oxygens (including phenoxy) is 1. The van der Waals surface area contributed by atoms with E-state index in [1.165, 1.54) is 7.11 Å². The lowest BCUT2D eigenvalue weighted by molar-refractivity contribution is -0.142. The summed E-state index contributed by atoms with van der Waals surface area (Å²) in [4.78, 5) is 21.4. The molecule has 0 radical (unpaired) electrons. The highest BCUT2D eigenvalue weighted by molar-refractivity contribution is 9.09. The molecule has 5 heteroatoms. The second kappa shape index (κ2) is 5.26. The number of carbonyl (C=O) groups is 2. The Morgan fingerprint density at radius 1 is 1.64 bits per heavy atom. The molecule has 0 saturated heterocycles. The first-order valence-corrected chi connectivity index (χ1v) is 4.15. The number of Topliss-reactive ketones (excluding diaryl/α,β-unsaturated/α-hetero) is 1. The summed E-state index contributed by atoms with van der Waals surface area (Å²) in [6, 6.07) is -0.748. The number of hydrogen-bond acceptors (Lipinski definition) is 4. The van der Waals surface area contributed by atoms with Crippen molar-refractivity contribution in [1.29, 1.82) is 0 Å². The molecule has 4 nitrogen and oxygen atoms in total. The fourth-order valence-corrected chi connectivity index (χ4v) is 0.892. The van der Waals surface area contributed by atoms with Crippen LogP contribution in [0, 0.1) is 0 Å². The molecule has 2 N–H and O–H groups in total. The molecule has 0 aromatic rings. The highest BCUT2D eigenvalue weighted by Gasteiger charge is 2.15. The van der Waals surface area contributed by atoms with Gasteiger partial charge in [0.05, 0.1) is 24.9 Å². The lowest BCUT2D eigenvalue weighted by Crippen LogP contribution is -2.34. The van der Waals surface area contributed by atoms with Gasteiger partial charge in [-0.3, -0.25) is 9.59 Å². The monoisotopic (exact) mass is 223 g/mol. The van der Waals surface area contributed by atoms with Crippen molar-refractivity contribution in [3.8, 4) is 0 Å². The topological polar surface area (TPSA) is 69.4 Å². The molecular formula is C6H10BrNO3.